The molecule has 1 N–H and O–H groups in total. The van der Waals surface area contributed by atoms with Crippen LogP contribution in [0.3, 0.4) is 0 Å². The Balaban J connectivity index is 1.35. The van der Waals surface area contributed by atoms with Gasteiger partial charge in [0.25, 0.3) is 0 Å². The fourth-order valence-electron chi connectivity index (χ4n) is 4.68. The lowest BCUT2D eigenvalue weighted by atomic mass is 9.88. The molecule has 4 heteroatoms. The van der Waals surface area contributed by atoms with E-state index in [2.05, 4.69) is 41.7 Å². The fourth-order valence-corrected chi connectivity index (χ4v) is 4.68. The van der Waals surface area contributed by atoms with Crippen LogP contribution in [0.1, 0.15) is 43.2 Å². The molecule has 4 rings (SSSR count). The zero-order valence-electron chi connectivity index (χ0n) is 15.1. The number of nitriles is 1. The van der Waals surface area contributed by atoms with E-state index in [1.807, 2.05) is 0 Å². The molecule has 2 aliphatic heterocycles. The lowest BCUT2D eigenvalue weighted by Gasteiger charge is -2.22. The molecule has 0 aromatic heterocycles. The van der Waals surface area contributed by atoms with E-state index in [4.69, 9.17) is 4.74 Å². The second-order valence-corrected chi connectivity index (χ2v) is 7.87. The lowest BCUT2D eigenvalue weighted by Crippen LogP contribution is -2.42. The van der Waals surface area contributed by atoms with Crippen LogP contribution in [0.2, 0.25) is 0 Å². The molecule has 3 aliphatic rings. The van der Waals surface area contributed by atoms with Crippen LogP contribution in [0, 0.1) is 23.2 Å². The van der Waals surface area contributed by atoms with E-state index < -0.39 is 0 Å². The van der Waals surface area contributed by atoms with Crippen molar-refractivity contribution in [3.63, 3.8) is 0 Å². The maximum atomic E-state index is 12.6. The molecular formula is C22H26N2O2. The van der Waals surface area contributed by atoms with Crippen LogP contribution in [0.15, 0.2) is 30.3 Å². The summed E-state index contributed by atoms with van der Waals surface area (Å²) < 4.78 is 5.36. The predicted octanol–water partition coefficient (Wildman–Crippen LogP) is 3.27. The summed E-state index contributed by atoms with van der Waals surface area (Å²) in [6.07, 6.45) is 7.59. The summed E-state index contributed by atoms with van der Waals surface area (Å²) in [4.78, 5) is 12.6. The van der Waals surface area contributed by atoms with Gasteiger partial charge in [-0.05, 0) is 54.7 Å². The summed E-state index contributed by atoms with van der Waals surface area (Å²) in [7, 11) is 0. The molecule has 1 aliphatic carbocycles. The number of ketones is 1. The quantitative estimate of drug-likeness (QED) is 0.855. The van der Waals surface area contributed by atoms with Crippen molar-refractivity contribution in [2.45, 2.75) is 50.6 Å². The van der Waals surface area contributed by atoms with Gasteiger partial charge >= 0.3 is 0 Å². The number of nitrogens with one attached hydrogen (secondary N) is 1. The average Bonchev–Trinajstić information content (AvgIpc) is 3.32. The molecule has 1 saturated carbocycles. The third-order valence-electron chi connectivity index (χ3n) is 6.11. The van der Waals surface area contributed by atoms with Crippen LogP contribution in [-0.2, 0) is 16.0 Å². The minimum absolute atomic E-state index is 0.00701. The number of carbonyl (C=O) groups is 1. The van der Waals surface area contributed by atoms with Gasteiger partial charge in [-0.2, -0.15) is 5.26 Å². The zero-order chi connectivity index (χ0) is 17.9. The molecule has 2 fully saturated rings. The first kappa shape index (κ1) is 17.5. The van der Waals surface area contributed by atoms with Gasteiger partial charge in [-0.15, -0.1) is 0 Å². The highest BCUT2D eigenvalue weighted by Gasteiger charge is 2.42. The van der Waals surface area contributed by atoms with Crippen molar-refractivity contribution in [2.24, 2.45) is 11.8 Å². The Morgan fingerprint density at radius 2 is 2.15 bits per heavy atom. The fraction of sp³-hybridized carbons (Fsp3) is 0.545. The molecule has 4 nitrogen and oxygen atoms in total. The van der Waals surface area contributed by atoms with Crippen molar-refractivity contribution in [1.82, 2.24) is 5.32 Å². The van der Waals surface area contributed by atoms with Gasteiger partial charge in [0, 0.05) is 12.5 Å². The third-order valence-corrected chi connectivity index (χ3v) is 6.11. The van der Waals surface area contributed by atoms with Crippen molar-refractivity contribution < 1.29 is 9.53 Å². The SMILES string of the molecule is N#C[C@@H](CC(=O)[C@H]1N[C@@H]2CC[C@H]1C2)Cc1ccc(C2=CCOCC2)cc1. The van der Waals surface area contributed by atoms with Crippen molar-refractivity contribution in [1.29, 1.82) is 5.26 Å². The second-order valence-electron chi connectivity index (χ2n) is 7.87. The molecule has 0 radical (unpaired) electrons. The monoisotopic (exact) mass is 350 g/mol. The molecule has 1 aromatic rings. The highest BCUT2D eigenvalue weighted by atomic mass is 16.5. The van der Waals surface area contributed by atoms with Gasteiger partial charge in [0.2, 0.25) is 0 Å². The number of piperidine rings is 1. The Morgan fingerprint density at radius 3 is 2.77 bits per heavy atom. The van der Waals surface area contributed by atoms with E-state index >= 15 is 0 Å². The lowest BCUT2D eigenvalue weighted by molar-refractivity contribution is -0.122. The van der Waals surface area contributed by atoms with Crippen molar-refractivity contribution in [3.8, 4) is 6.07 Å². The number of Topliss-reactive ketones (excluding diaryl/α,β-unsaturated/α-hetero) is 1. The standard InChI is InChI=1S/C22H26N2O2/c23-14-16(12-21(25)22-19-5-6-20(13-19)24-22)11-15-1-3-17(4-2-15)18-7-9-26-10-8-18/h1-4,7,16,19-20,22,24H,5-6,8-13H2/t16-,19+,20-,22+/m1/s1. The van der Waals surface area contributed by atoms with E-state index in [-0.39, 0.29) is 17.7 Å². The summed E-state index contributed by atoms with van der Waals surface area (Å²) in [6, 6.07) is 11.3. The number of hydrogen-bond donors (Lipinski definition) is 1. The zero-order valence-corrected chi connectivity index (χ0v) is 15.1. The first-order valence-electron chi connectivity index (χ1n) is 9.77. The maximum absolute atomic E-state index is 12.6. The number of rotatable bonds is 6. The molecule has 1 aromatic carbocycles. The smallest absolute Gasteiger partial charge is 0.151 e. The van der Waals surface area contributed by atoms with Crippen LogP contribution < -0.4 is 5.32 Å². The molecule has 4 atom stereocenters. The first-order valence-corrected chi connectivity index (χ1v) is 9.77. The number of fused-ring (bicyclic) bond motifs is 2. The number of carbonyl (C=O) groups excluding carboxylic acids is 1. The minimum atomic E-state index is -0.239. The van der Waals surface area contributed by atoms with Crippen molar-refractivity contribution in [2.75, 3.05) is 13.2 Å². The summed E-state index contributed by atoms with van der Waals surface area (Å²) in [5.74, 6) is 0.489. The summed E-state index contributed by atoms with van der Waals surface area (Å²) in [5, 5.41) is 13.0. The van der Waals surface area contributed by atoms with E-state index in [0.717, 1.165) is 31.4 Å². The second kappa shape index (κ2) is 7.73. The van der Waals surface area contributed by atoms with Gasteiger partial charge in [0.05, 0.1) is 31.2 Å². The Labute approximate surface area is 155 Å². The van der Waals surface area contributed by atoms with Gasteiger partial charge in [0.1, 0.15) is 0 Å². The molecule has 1 saturated heterocycles. The molecule has 26 heavy (non-hydrogen) atoms. The summed E-state index contributed by atoms with van der Waals surface area (Å²) in [6.45, 7) is 1.47. The van der Waals surface area contributed by atoms with Gasteiger partial charge in [-0.3, -0.25) is 4.79 Å². The molecule has 2 heterocycles. The Bertz CT molecular complexity index is 732. The molecule has 136 valence electrons. The highest BCUT2D eigenvalue weighted by Crippen LogP contribution is 2.36. The highest BCUT2D eigenvalue weighted by molar-refractivity contribution is 5.85. The van der Waals surface area contributed by atoms with Gasteiger partial charge in [-0.25, -0.2) is 0 Å². The van der Waals surface area contributed by atoms with Crippen LogP contribution in [-0.4, -0.2) is 31.1 Å². The Kier molecular flexibility index (Phi) is 5.19. The van der Waals surface area contributed by atoms with Crippen LogP contribution in [0.4, 0.5) is 0 Å². The topological polar surface area (TPSA) is 62.1 Å². The maximum Gasteiger partial charge on any atom is 0.151 e. The Hall–Kier alpha value is -1.96. The van der Waals surface area contributed by atoms with Crippen molar-refractivity contribution in [3.05, 3.63) is 41.5 Å². The van der Waals surface area contributed by atoms with Crippen LogP contribution in [0.25, 0.3) is 5.57 Å². The average molecular weight is 350 g/mol. The Morgan fingerprint density at radius 1 is 1.31 bits per heavy atom. The minimum Gasteiger partial charge on any atom is -0.377 e. The van der Waals surface area contributed by atoms with Crippen molar-refractivity contribution >= 4 is 11.4 Å². The number of hydrogen-bond acceptors (Lipinski definition) is 4. The van der Waals surface area contributed by atoms with Gasteiger partial charge in [-0.1, -0.05) is 30.3 Å². The molecule has 2 bridgehead atoms. The normalized spacial score (nSPS) is 28.4. The number of nitrogens with zero attached hydrogens (tertiary/aromatic N) is 1. The van der Waals surface area contributed by atoms with E-state index in [0.29, 0.717) is 31.4 Å². The number of benzene rings is 1. The van der Waals surface area contributed by atoms with E-state index in [1.54, 1.807) is 0 Å². The molecule has 0 unspecified atom stereocenters. The van der Waals surface area contributed by atoms with E-state index in [9.17, 15) is 10.1 Å². The first-order chi connectivity index (χ1) is 12.7. The molecular weight excluding hydrogens is 324 g/mol. The summed E-state index contributed by atoms with van der Waals surface area (Å²) >= 11 is 0. The summed E-state index contributed by atoms with van der Waals surface area (Å²) in [5.41, 5.74) is 3.69. The third kappa shape index (κ3) is 3.75. The van der Waals surface area contributed by atoms with E-state index in [1.165, 1.54) is 17.6 Å². The van der Waals surface area contributed by atoms with Crippen LogP contribution in [0.5, 0.6) is 0 Å². The molecule has 0 spiro atoms. The van der Waals surface area contributed by atoms with Crippen LogP contribution >= 0.6 is 0 Å². The molecule has 0 amide bonds. The number of ether oxygens (including phenoxy) is 1. The largest absolute Gasteiger partial charge is 0.377 e. The van der Waals surface area contributed by atoms with Gasteiger partial charge in [0.15, 0.2) is 5.78 Å². The van der Waals surface area contributed by atoms with Gasteiger partial charge < -0.3 is 10.1 Å². The predicted molar refractivity (Wildman–Crippen MR) is 100 cm³/mol.